The van der Waals surface area contributed by atoms with Crippen LogP contribution in [0.25, 0.3) is 43.7 Å². The minimum absolute atomic E-state index is 1.08. The van der Waals surface area contributed by atoms with Crippen molar-refractivity contribution in [1.29, 1.82) is 0 Å². The van der Waals surface area contributed by atoms with Gasteiger partial charge in [0.1, 0.15) is 7.05 Å². The number of benzene rings is 3. The fraction of sp³-hybridized carbons (Fsp3) is 0.222. The Labute approximate surface area is 172 Å². The monoisotopic (exact) mass is 379 g/mol. The molecule has 2 nitrogen and oxygen atoms in total. The van der Waals surface area contributed by atoms with Crippen molar-refractivity contribution >= 4 is 32.6 Å². The van der Waals surface area contributed by atoms with E-state index in [1.54, 1.807) is 0 Å². The van der Waals surface area contributed by atoms with Gasteiger partial charge in [-0.15, -0.1) is 0 Å². The number of aromatic nitrogens is 2. The van der Waals surface area contributed by atoms with Gasteiger partial charge in [0.15, 0.2) is 6.20 Å². The van der Waals surface area contributed by atoms with Crippen LogP contribution in [0.3, 0.4) is 0 Å². The topological polar surface area (TPSA) is 8.81 Å². The number of hydrogen-bond acceptors (Lipinski definition) is 0. The summed E-state index contributed by atoms with van der Waals surface area (Å²) in [7, 11) is 2.14. The van der Waals surface area contributed by atoms with Gasteiger partial charge in [0, 0.05) is 35.1 Å². The molecule has 0 saturated heterocycles. The van der Waals surface area contributed by atoms with Gasteiger partial charge >= 0.3 is 0 Å². The first-order valence-corrected chi connectivity index (χ1v) is 10.6. The van der Waals surface area contributed by atoms with Gasteiger partial charge in [0.25, 0.3) is 0 Å². The van der Waals surface area contributed by atoms with Crippen molar-refractivity contribution in [3.63, 3.8) is 0 Å². The minimum atomic E-state index is 1.08. The summed E-state index contributed by atoms with van der Waals surface area (Å²) in [6, 6.07) is 22.5. The normalized spacial score (nSPS) is 11.7. The Hall–Kier alpha value is -3.13. The van der Waals surface area contributed by atoms with Crippen LogP contribution in [-0.2, 0) is 13.6 Å². The van der Waals surface area contributed by atoms with Crippen molar-refractivity contribution < 1.29 is 4.57 Å². The molecule has 2 heteroatoms. The minimum Gasteiger partial charge on any atom is -0.347 e. The van der Waals surface area contributed by atoms with E-state index in [0.717, 1.165) is 6.54 Å². The van der Waals surface area contributed by atoms with E-state index < -0.39 is 0 Å². The fourth-order valence-corrected chi connectivity index (χ4v) is 4.55. The third-order valence-corrected chi connectivity index (χ3v) is 6.14. The van der Waals surface area contributed by atoms with Crippen LogP contribution < -0.4 is 4.57 Å². The first-order valence-electron chi connectivity index (χ1n) is 10.6. The molecule has 5 aromatic rings. The molecule has 0 radical (unpaired) electrons. The zero-order valence-corrected chi connectivity index (χ0v) is 17.4. The van der Waals surface area contributed by atoms with E-state index in [2.05, 4.69) is 103 Å². The smallest absolute Gasteiger partial charge is 0.212 e. The molecule has 0 fully saturated rings. The number of pyridine rings is 1. The fourth-order valence-electron chi connectivity index (χ4n) is 4.55. The summed E-state index contributed by atoms with van der Waals surface area (Å²) in [5.74, 6) is 0. The second-order valence-corrected chi connectivity index (χ2v) is 8.15. The van der Waals surface area contributed by atoms with Crippen LogP contribution in [0.1, 0.15) is 25.3 Å². The van der Waals surface area contributed by atoms with Crippen molar-refractivity contribution in [2.45, 2.75) is 33.2 Å². The first-order chi connectivity index (χ1) is 14.2. The SMILES string of the molecule is CCCCn1ccc2ccc(-c3ccc4c(c3)c3c(C)cccc3c[n+]4C)cc21. The summed E-state index contributed by atoms with van der Waals surface area (Å²) >= 11 is 0. The molecule has 0 N–H and O–H groups in total. The van der Waals surface area contributed by atoms with Gasteiger partial charge in [-0.1, -0.05) is 37.6 Å². The lowest BCUT2D eigenvalue weighted by Gasteiger charge is -2.09. The van der Waals surface area contributed by atoms with E-state index in [0.29, 0.717) is 0 Å². The van der Waals surface area contributed by atoms with Crippen LogP contribution in [0.15, 0.2) is 73.1 Å². The molecule has 0 spiro atoms. The summed E-state index contributed by atoms with van der Waals surface area (Å²) < 4.78 is 4.63. The molecular formula is C27H27N2+. The average Bonchev–Trinajstić information content (AvgIpc) is 3.14. The molecule has 0 bridgehead atoms. The number of rotatable bonds is 4. The highest BCUT2D eigenvalue weighted by Crippen LogP contribution is 2.31. The number of aryl methyl sites for hydroxylation is 3. The van der Waals surface area contributed by atoms with Gasteiger partial charge in [0.05, 0.1) is 5.39 Å². The predicted octanol–water partition coefficient (Wildman–Crippen LogP) is 6.55. The van der Waals surface area contributed by atoms with Gasteiger partial charge in [-0.3, -0.25) is 0 Å². The molecule has 2 aromatic heterocycles. The second kappa shape index (κ2) is 7.04. The Morgan fingerprint density at radius 3 is 2.59 bits per heavy atom. The number of hydrogen-bond donors (Lipinski definition) is 0. The summed E-state index contributed by atoms with van der Waals surface area (Å²) in [5.41, 5.74) is 6.48. The molecule has 0 aliphatic rings. The van der Waals surface area contributed by atoms with Crippen LogP contribution in [0.5, 0.6) is 0 Å². The Balaban J connectivity index is 1.72. The third kappa shape index (κ3) is 3.00. The Morgan fingerprint density at radius 2 is 1.72 bits per heavy atom. The summed E-state index contributed by atoms with van der Waals surface area (Å²) in [6.07, 6.45) is 6.89. The lowest BCUT2D eigenvalue weighted by atomic mass is 9.97. The van der Waals surface area contributed by atoms with Gasteiger partial charge in [-0.25, -0.2) is 4.57 Å². The molecular weight excluding hydrogens is 352 g/mol. The maximum atomic E-state index is 2.39. The highest BCUT2D eigenvalue weighted by Gasteiger charge is 2.13. The van der Waals surface area contributed by atoms with Gasteiger partial charge in [-0.2, -0.15) is 0 Å². The van der Waals surface area contributed by atoms with Crippen LogP contribution in [0, 0.1) is 6.92 Å². The summed E-state index contributed by atoms with van der Waals surface area (Å²) in [6.45, 7) is 5.54. The average molecular weight is 380 g/mol. The maximum absolute atomic E-state index is 2.39. The maximum Gasteiger partial charge on any atom is 0.212 e. The highest BCUT2D eigenvalue weighted by molar-refractivity contribution is 6.07. The van der Waals surface area contributed by atoms with Crippen LogP contribution in [-0.4, -0.2) is 4.57 Å². The number of nitrogens with zero attached hydrogens (tertiary/aromatic N) is 2. The largest absolute Gasteiger partial charge is 0.347 e. The standard InChI is InChI=1S/C27H27N2/c1-4-5-14-29-15-13-20-9-10-22(17-26(20)29)21-11-12-25-24(16-21)27-19(2)7-6-8-23(27)18-28(25)3/h6-13,15-18H,4-5,14H2,1-3H3/q+1. The molecule has 144 valence electrons. The van der Waals surface area contributed by atoms with Crippen molar-refractivity contribution in [3.8, 4) is 11.1 Å². The zero-order chi connectivity index (χ0) is 20.0. The van der Waals surface area contributed by atoms with E-state index in [9.17, 15) is 0 Å². The highest BCUT2D eigenvalue weighted by atomic mass is 14.9. The Kier molecular flexibility index (Phi) is 4.35. The molecule has 3 aromatic carbocycles. The van der Waals surface area contributed by atoms with Crippen LogP contribution >= 0.6 is 0 Å². The summed E-state index contributed by atoms with van der Waals surface area (Å²) in [4.78, 5) is 0. The molecule has 0 saturated carbocycles. The third-order valence-electron chi connectivity index (χ3n) is 6.14. The quantitative estimate of drug-likeness (QED) is 0.247. The number of unbranched alkanes of at least 4 members (excludes halogenated alkanes) is 1. The molecule has 0 unspecified atom stereocenters. The van der Waals surface area contributed by atoms with Crippen LogP contribution in [0.4, 0.5) is 0 Å². The first kappa shape index (κ1) is 17.9. The Morgan fingerprint density at radius 1 is 0.897 bits per heavy atom. The van der Waals surface area contributed by atoms with E-state index in [1.807, 2.05) is 0 Å². The lowest BCUT2D eigenvalue weighted by Crippen LogP contribution is -2.28. The van der Waals surface area contributed by atoms with E-state index in [1.165, 1.54) is 62.1 Å². The van der Waals surface area contributed by atoms with E-state index in [-0.39, 0.29) is 0 Å². The molecule has 0 amide bonds. The summed E-state index contributed by atoms with van der Waals surface area (Å²) in [5, 5.41) is 5.29. The van der Waals surface area contributed by atoms with Gasteiger partial charge < -0.3 is 4.57 Å². The zero-order valence-electron chi connectivity index (χ0n) is 17.4. The van der Waals surface area contributed by atoms with Crippen molar-refractivity contribution in [2.24, 2.45) is 7.05 Å². The van der Waals surface area contributed by atoms with Crippen molar-refractivity contribution in [2.75, 3.05) is 0 Å². The van der Waals surface area contributed by atoms with E-state index in [4.69, 9.17) is 0 Å². The molecule has 29 heavy (non-hydrogen) atoms. The van der Waals surface area contributed by atoms with Crippen LogP contribution in [0.2, 0.25) is 0 Å². The lowest BCUT2D eigenvalue weighted by molar-refractivity contribution is -0.643. The molecule has 5 rings (SSSR count). The van der Waals surface area contributed by atoms with E-state index >= 15 is 0 Å². The number of fused-ring (bicyclic) bond motifs is 4. The predicted molar refractivity (Wildman–Crippen MR) is 123 cm³/mol. The molecule has 0 atom stereocenters. The molecule has 2 heterocycles. The van der Waals surface area contributed by atoms with Gasteiger partial charge in [-0.05, 0) is 65.8 Å². The molecule has 0 aliphatic heterocycles. The van der Waals surface area contributed by atoms with Crippen molar-refractivity contribution in [1.82, 2.24) is 4.57 Å². The Bertz CT molecular complexity index is 1360. The molecule has 0 aliphatic carbocycles. The van der Waals surface area contributed by atoms with Gasteiger partial charge in [0.2, 0.25) is 5.52 Å². The van der Waals surface area contributed by atoms with Crippen molar-refractivity contribution in [3.05, 3.63) is 78.6 Å². The second-order valence-electron chi connectivity index (χ2n) is 8.15.